The monoisotopic (exact) mass is 285 g/mol. The van der Waals surface area contributed by atoms with Crippen LogP contribution in [0.4, 0.5) is 0 Å². The third-order valence-corrected chi connectivity index (χ3v) is 4.78. The summed E-state index contributed by atoms with van der Waals surface area (Å²) in [6.07, 6.45) is 6.71. The molecule has 2 fully saturated rings. The Morgan fingerprint density at radius 3 is 3.10 bits per heavy atom. The Morgan fingerprint density at radius 1 is 1.29 bits per heavy atom. The van der Waals surface area contributed by atoms with Crippen LogP contribution in [0.3, 0.4) is 0 Å². The molecule has 2 aliphatic heterocycles. The first-order chi connectivity index (χ1) is 10.4. The third kappa shape index (κ3) is 2.68. The van der Waals surface area contributed by atoms with Crippen molar-refractivity contribution in [1.29, 1.82) is 0 Å². The zero-order valence-electron chi connectivity index (χ0n) is 12.4. The standard InChI is InChI=1S/C16H23N5/c1-3-13(18-6-1)9-15-20-14-4-2-7-19-16(14)21(15)11-12-5-8-17-10-12/h2,4,7,12-13,17-18H,1,3,5-6,8-11H2. The van der Waals surface area contributed by atoms with Crippen LogP contribution in [-0.2, 0) is 13.0 Å². The molecule has 0 spiro atoms. The summed E-state index contributed by atoms with van der Waals surface area (Å²) in [6, 6.07) is 4.65. The van der Waals surface area contributed by atoms with Crippen molar-refractivity contribution in [1.82, 2.24) is 25.2 Å². The smallest absolute Gasteiger partial charge is 0.159 e. The van der Waals surface area contributed by atoms with Gasteiger partial charge < -0.3 is 15.2 Å². The van der Waals surface area contributed by atoms with Crippen LogP contribution in [-0.4, -0.2) is 40.2 Å². The predicted molar refractivity (Wildman–Crippen MR) is 83.2 cm³/mol. The van der Waals surface area contributed by atoms with Crippen molar-refractivity contribution >= 4 is 11.2 Å². The van der Waals surface area contributed by atoms with E-state index in [1.807, 2.05) is 12.3 Å². The predicted octanol–water partition coefficient (Wildman–Crippen LogP) is 1.34. The highest BCUT2D eigenvalue weighted by atomic mass is 15.1. The molecule has 2 aromatic heterocycles. The number of aromatic nitrogens is 3. The maximum atomic E-state index is 4.86. The number of imidazole rings is 1. The molecule has 4 rings (SSSR count). The zero-order valence-corrected chi connectivity index (χ0v) is 12.4. The summed E-state index contributed by atoms with van der Waals surface area (Å²) in [5.41, 5.74) is 2.09. The highest BCUT2D eigenvalue weighted by Crippen LogP contribution is 2.21. The van der Waals surface area contributed by atoms with Crippen molar-refractivity contribution in [3.63, 3.8) is 0 Å². The van der Waals surface area contributed by atoms with Gasteiger partial charge in [-0.1, -0.05) is 0 Å². The molecule has 2 unspecified atom stereocenters. The van der Waals surface area contributed by atoms with Gasteiger partial charge in [0.25, 0.3) is 0 Å². The molecule has 21 heavy (non-hydrogen) atoms. The number of rotatable bonds is 4. The fourth-order valence-electron chi connectivity index (χ4n) is 3.63. The lowest BCUT2D eigenvalue weighted by Crippen LogP contribution is -2.26. The van der Waals surface area contributed by atoms with Crippen molar-refractivity contribution in [2.45, 2.75) is 38.3 Å². The van der Waals surface area contributed by atoms with Crippen molar-refractivity contribution in [3.8, 4) is 0 Å². The molecule has 2 aromatic rings. The molecule has 2 N–H and O–H groups in total. The summed E-state index contributed by atoms with van der Waals surface area (Å²) in [6.45, 7) is 4.45. The fourth-order valence-corrected chi connectivity index (χ4v) is 3.63. The Morgan fingerprint density at radius 2 is 2.29 bits per heavy atom. The quantitative estimate of drug-likeness (QED) is 0.890. The molecule has 2 saturated heterocycles. The van der Waals surface area contributed by atoms with E-state index in [0.717, 1.165) is 43.8 Å². The average Bonchev–Trinajstić information content (AvgIpc) is 3.23. The summed E-state index contributed by atoms with van der Waals surface area (Å²) < 4.78 is 2.37. The molecule has 0 aromatic carbocycles. The van der Waals surface area contributed by atoms with Crippen molar-refractivity contribution in [2.24, 2.45) is 5.92 Å². The Balaban J connectivity index is 1.65. The second-order valence-electron chi connectivity index (χ2n) is 6.34. The number of nitrogens with zero attached hydrogens (tertiary/aromatic N) is 3. The minimum Gasteiger partial charge on any atom is -0.316 e. The van der Waals surface area contributed by atoms with Crippen LogP contribution >= 0.6 is 0 Å². The summed E-state index contributed by atoms with van der Waals surface area (Å²) in [5, 5.41) is 7.04. The summed E-state index contributed by atoms with van der Waals surface area (Å²) in [7, 11) is 0. The van der Waals surface area contributed by atoms with Gasteiger partial charge in [-0.15, -0.1) is 0 Å². The van der Waals surface area contributed by atoms with Gasteiger partial charge in [0.2, 0.25) is 0 Å². The van der Waals surface area contributed by atoms with E-state index >= 15 is 0 Å². The van der Waals surface area contributed by atoms with Gasteiger partial charge in [-0.05, 0) is 56.9 Å². The summed E-state index contributed by atoms with van der Waals surface area (Å²) >= 11 is 0. The topological polar surface area (TPSA) is 54.8 Å². The van der Waals surface area contributed by atoms with Gasteiger partial charge >= 0.3 is 0 Å². The first-order valence-corrected chi connectivity index (χ1v) is 8.14. The lowest BCUT2D eigenvalue weighted by Gasteiger charge is -2.15. The molecule has 5 heteroatoms. The number of hydrogen-bond acceptors (Lipinski definition) is 4. The van der Waals surface area contributed by atoms with Crippen LogP contribution in [0.5, 0.6) is 0 Å². The van der Waals surface area contributed by atoms with Gasteiger partial charge in [-0.25, -0.2) is 9.97 Å². The summed E-state index contributed by atoms with van der Waals surface area (Å²) in [5.74, 6) is 1.91. The van der Waals surface area contributed by atoms with Crippen LogP contribution < -0.4 is 10.6 Å². The second kappa shape index (κ2) is 5.73. The molecule has 2 aliphatic rings. The Kier molecular flexibility index (Phi) is 3.61. The Bertz CT molecular complexity index is 608. The minimum absolute atomic E-state index is 0.585. The highest BCUT2D eigenvalue weighted by Gasteiger charge is 2.22. The van der Waals surface area contributed by atoms with Crippen molar-refractivity contribution < 1.29 is 0 Å². The van der Waals surface area contributed by atoms with Crippen molar-refractivity contribution in [2.75, 3.05) is 19.6 Å². The van der Waals surface area contributed by atoms with E-state index < -0.39 is 0 Å². The SMILES string of the molecule is c1cnc2c(c1)nc(CC1CCCN1)n2CC1CCNC1. The van der Waals surface area contributed by atoms with E-state index in [1.54, 1.807) is 0 Å². The van der Waals surface area contributed by atoms with Crippen LogP contribution in [0.25, 0.3) is 11.2 Å². The minimum atomic E-state index is 0.585. The number of pyridine rings is 1. The first kappa shape index (κ1) is 13.2. The van der Waals surface area contributed by atoms with E-state index in [1.165, 1.54) is 25.1 Å². The Hall–Kier alpha value is -1.46. The molecule has 0 saturated carbocycles. The number of fused-ring (bicyclic) bond motifs is 1. The van der Waals surface area contributed by atoms with E-state index in [4.69, 9.17) is 4.98 Å². The largest absolute Gasteiger partial charge is 0.316 e. The molecule has 112 valence electrons. The van der Waals surface area contributed by atoms with Crippen LogP contribution in [0, 0.1) is 5.92 Å². The lowest BCUT2D eigenvalue weighted by molar-refractivity contribution is 0.465. The molecule has 5 nitrogen and oxygen atoms in total. The van der Waals surface area contributed by atoms with E-state index in [0.29, 0.717) is 12.0 Å². The number of nitrogens with one attached hydrogen (secondary N) is 2. The molecule has 0 aliphatic carbocycles. The number of hydrogen-bond donors (Lipinski definition) is 2. The average molecular weight is 285 g/mol. The lowest BCUT2D eigenvalue weighted by atomic mass is 10.1. The van der Waals surface area contributed by atoms with Gasteiger partial charge in [0.15, 0.2) is 5.65 Å². The van der Waals surface area contributed by atoms with E-state index in [-0.39, 0.29) is 0 Å². The Labute approximate surface area is 125 Å². The van der Waals surface area contributed by atoms with Crippen molar-refractivity contribution in [3.05, 3.63) is 24.2 Å². The second-order valence-corrected chi connectivity index (χ2v) is 6.34. The normalized spacial score (nSPS) is 25.9. The third-order valence-electron chi connectivity index (χ3n) is 4.78. The highest BCUT2D eigenvalue weighted by molar-refractivity contribution is 5.71. The van der Waals surface area contributed by atoms with E-state index in [2.05, 4.69) is 26.3 Å². The van der Waals surface area contributed by atoms with Gasteiger partial charge in [-0.2, -0.15) is 0 Å². The van der Waals surface area contributed by atoms with Crippen LogP contribution in [0.2, 0.25) is 0 Å². The first-order valence-electron chi connectivity index (χ1n) is 8.14. The molecular weight excluding hydrogens is 262 g/mol. The summed E-state index contributed by atoms with van der Waals surface area (Å²) in [4.78, 5) is 9.44. The molecule has 0 radical (unpaired) electrons. The zero-order chi connectivity index (χ0) is 14.1. The molecular formula is C16H23N5. The van der Waals surface area contributed by atoms with Gasteiger partial charge in [0.05, 0.1) is 0 Å². The maximum Gasteiger partial charge on any atom is 0.159 e. The molecule has 0 amide bonds. The van der Waals surface area contributed by atoms with Gasteiger partial charge in [0, 0.05) is 25.2 Å². The van der Waals surface area contributed by atoms with Gasteiger partial charge in [0.1, 0.15) is 11.3 Å². The fraction of sp³-hybridized carbons (Fsp3) is 0.625. The maximum absolute atomic E-state index is 4.86. The molecule has 0 bridgehead atoms. The molecule has 4 heterocycles. The van der Waals surface area contributed by atoms with Crippen LogP contribution in [0.15, 0.2) is 18.3 Å². The molecule has 2 atom stereocenters. The van der Waals surface area contributed by atoms with Crippen LogP contribution in [0.1, 0.15) is 25.1 Å². The van der Waals surface area contributed by atoms with Gasteiger partial charge in [-0.3, -0.25) is 0 Å². The van der Waals surface area contributed by atoms with E-state index in [9.17, 15) is 0 Å².